The van der Waals surface area contributed by atoms with E-state index < -0.39 is 0 Å². The van der Waals surface area contributed by atoms with Gasteiger partial charge in [0.05, 0.1) is 10.9 Å². The van der Waals surface area contributed by atoms with E-state index in [4.69, 9.17) is 5.84 Å². The van der Waals surface area contributed by atoms with Gasteiger partial charge in [0.15, 0.2) is 11.6 Å². The molecule has 27 heavy (non-hydrogen) atoms. The van der Waals surface area contributed by atoms with Crippen molar-refractivity contribution in [2.75, 3.05) is 5.84 Å². The van der Waals surface area contributed by atoms with Crippen LogP contribution in [0.5, 0.6) is 0 Å². The molecule has 2 aromatic carbocycles. The highest BCUT2D eigenvalue weighted by Gasteiger charge is 2.21. The normalized spacial score (nSPS) is 12.2. The number of benzene rings is 2. The van der Waals surface area contributed by atoms with Crippen molar-refractivity contribution < 1.29 is 0 Å². The van der Waals surface area contributed by atoms with Crippen LogP contribution in [-0.4, -0.2) is 35.1 Å². The molecule has 0 spiro atoms. The Bertz CT molecular complexity index is 1040. The molecule has 8 nitrogen and oxygen atoms in total. The van der Waals surface area contributed by atoms with E-state index in [1.807, 2.05) is 68.4 Å². The molecule has 0 fully saturated rings. The van der Waals surface area contributed by atoms with E-state index in [2.05, 4.69) is 25.7 Å². The van der Waals surface area contributed by atoms with Crippen molar-refractivity contribution in [1.29, 1.82) is 0 Å². The maximum Gasteiger partial charge on any atom is 0.210 e. The van der Waals surface area contributed by atoms with Crippen molar-refractivity contribution in [2.45, 2.75) is 24.3 Å². The molecular formula is C18H18N8S. The second kappa shape index (κ2) is 7.20. The largest absolute Gasteiger partial charge is 0.335 e. The molecule has 0 aliphatic carbocycles. The van der Waals surface area contributed by atoms with Crippen LogP contribution in [0, 0.1) is 6.92 Å². The van der Waals surface area contributed by atoms with Crippen LogP contribution in [0.4, 0.5) is 0 Å². The molecule has 0 saturated carbocycles. The smallest absolute Gasteiger partial charge is 0.210 e. The molecule has 9 heteroatoms. The first-order valence-electron chi connectivity index (χ1n) is 8.41. The van der Waals surface area contributed by atoms with Gasteiger partial charge in [-0.1, -0.05) is 59.8 Å². The van der Waals surface area contributed by atoms with Crippen LogP contribution in [0.25, 0.3) is 17.1 Å². The molecule has 2 aromatic heterocycles. The fourth-order valence-corrected chi connectivity index (χ4v) is 3.52. The van der Waals surface area contributed by atoms with Gasteiger partial charge in [0.1, 0.15) is 0 Å². The highest BCUT2D eigenvalue weighted by atomic mass is 32.2. The number of aromatic nitrogens is 7. The summed E-state index contributed by atoms with van der Waals surface area (Å²) in [6, 6.07) is 17.8. The van der Waals surface area contributed by atoms with Crippen molar-refractivity contribution in [2.24, 2.45) is 0 Å². The van der Waals surface area contributed by atoms with Crippen molar-refractivity contribution >= 4 is 11.8 Å². The van der Waals surface area contributed by atoms with Crippen LogP contribution in [0.15, 0.2) is 59.8 Å². The molecule has 0 radical (unpaired) electrons. The Kier molecular flexibility index (Phi) is 4.59. The van der Waals surface area contributed by atoms with Gasteiger partial charge >= 0.3 is 0 Å². The summed E-state index contributed by atoms with van der Waals surface area (Å²) in [5.41, 5.74) is 3.00. The number of nitrogens with zero attached hydrogens (tertiary/aromatic N) is 7. The molecule has 4 aromatic rings. The lowest BCUT2D eigenvalue weighted by atomic mass is 10.1. The summed E-state index contributed by atoms with van der Waals surface area (Å²) >= 11 is 1.46. The van der Waals surface area contributed by atoms with Gasteiger partial charge < -0.3 is 5.84 Å². The molecule has 0 bridgehead atoms. The Balaban J connectivity index is 1.59. The average molecular weight is 378 g/mol. The minimum Gasteiger partial charge on any atom is -0.335 e. The fraction of sp³-hybridized carbons (Fsp3) is 0.167. The molecule has 1 unspecified atom stereocenters. The quantitative estimate of drug-likeness (QED) is 0.421. The van der Waals surface area contributed by atoms with Crippen LogP contribution in [-0.2, 0) is 0 Å². The Labute approximate surface area is 160 Å². The third kappa shape index (κ3) is 3.41. The number of nitrogens with two attached hydrogens (primary N) is 1. The van der Waals surface area contributed by atoms with Gasteiger partial charge in [-0.3, -0.25) is 0 Å². The van der Waals surface area contributed by atoms with Crippen LogP contribution < -0.4 is 5.84 Å². The van der Waals surface area contributed by atoms with Crippen molar-refractivity contribution in [3.8, 4) is 17.1 Å². The molecular weight excluding hydrogens is 360 g/mol. The highest BCUT2D eigenvalue weighted by Crippen LogP contribution is 2.33. The summed E-state index contributed by atoms with van der Waals surface area (Å²) in [6.07, 6.45) is 0. The van der Waals surface area contributed by atoms with E-state index in [1.165, 1.54) is 22.0 Å². The zero-order valence-corrected chi connectivity index (χ0v) is 15.7. The predicted octanol–water partition coefficient (Wildman–Crippen LogP) is 2.80. The van der Waals surface area contributed by atoms with Gasteiger partial charge in [-0.15, -0.1) is 15.3 Å². The van der Waals surface area contributed by atoms with Gasteiger partial charge in [0.2, 0.25) is 5.16 Å². The number of hydrogen-bond donors (Lipinski definition) is 1. The van der Waals surface area contributed by atoms with Crippen molar-refractivity contribution in [3.63, 3.8) is 0 Å². The summed E-state index contributed by atoms with van der Waals surface area (Å²) in [5, 5.41) is 21.1. The summed E-state index contributed by atoms with van der Waals surface area (Å²) in [5.74, 6) is 7.57. The molecule has 136 valence electrons. The number of aryl methyl sites for hydroxylation is 1. The zero-order chi connectivity index (χ0) is 18.8. The van der Waals surface area contributed by atoms with Gasteiger partial charge in [0.25, 0.3) is 0 Å². The molecule has 0 saturated heterocycles. The predicted molar refractivity (Wildman–Crippen MR) is 104 cm³/mol. The SMILES string of the molecule is Cc1ccc(-c2nnc(SC(C)c3nnnn3-c3ccccc3)n2N)cc1. The summed E-state index contributed by atoms with van der Waals surface area (Å²) in [7, 11) is 0. The van der Waals surface area contributed by atoms with Crippen molar-refractivity contribution in [3.05, 3.63) is 66.0 Å². The van der Waals surface area contributed by atoms with Crippen LogP contribution in [0.2, 0.25) is 0 Å². The molecule has 0 aliphatic rings. The summed E-state index contributed by atoms with van der Waals surface area (Å²) < 4.78 is 3.22. The maximum absolute atomic E-state index is 6.24. The van der Waals surface area contributed by atoms with E-state index in [0.29, 0.717) is 16.8 Å². The zero-order valence-electron chi connectivity index (χ0n) is 14.9. The second-order valence-corrected chi connectivity index (χ2v) is 7.39. The topological polar surface area (TPSA) is 100 Å². The van der Waals surface area contributed by atoms with Crippen LogP contribution >= 0.6 is 11.8 Å². The van der Waals surface area contributed by atoms with Gasteiger partial charge in [-0.25, -0.2) is 4.68 Å². The van der Waals surface area contributed by atoms with Crippen molar-refractivity contribution in [1.82, 2.24) is 35.1 Å². The van der Waals surface area contributed by atoms with Gasteiger partial charge in [0, 0.05) is 5.56 Å². The van der Waals surface area contributed by atoms with E-state index in [0.717, 1.165) is 11.3 Å². The van der Waals surface area contributed by atoms with Crippen LogP contribution in [0.3, 0.4) is 0 Å². The van der Waals surface area contributed by atoms with E-state index in [9.17, 15) is 0 Å². The van der Waals surface area contributed by atoms with Gasteiger partial charge in [-0.2, -0.15) is 4.68 Å². The number of rotatable bonds is 5. The third-order valence-electron chi connectivity index (χ3n) is 4.11. The number of hydrogen-bond acceptors (Lipinski definition) is 7. The summed E-state index contributed by atoms with van der Waals surface area (Å²) in [4.78, 5) is 0. The first-order chi connectivity index (χ1) is 13.1. The summed E-state index contributed by atoms with van der Waals surface area (Å²) in [6.45, 7) is 4.05. The fourth-order valence-electron chi connectivity index (χ4n) is 2.67. The van der Waals surface area contributed by atoms with E-state index in [-0.39, 0.29) is 5.25 Å². The Morgan fingerprint density at radius 2 is 1.70 bits per heavy atom. The highest BCUT2D eigenvalue weighted by molar-refractivity contribution is 7.99. The Morgan fingerprint density at radius 3 is 2.44 bits per heavy atom. The Hall–Kier alpha value is -3.20. The lowest BCUT2D eigenvalue weighted by molar-refractivity contribution is 0.760. The lowest BCUT2D eigenvalue weighted by Crippen LogP contribution is -2.12. The average Bonchev–Trinajstić information content (AvgIpc) is 3.31. The number of para-hydroxylation sites is 1. The second-order valence-electron chi connectivity index (χ2n) is 6.09. The van der Waals surface area contributed by atoms with E-state index >= 15 is 0 Å². The molecule has 4 rings (SSSR count). The Morgan fingerprint density at radius 1 is 0.963 bits per heavy atom. The van der Waals surface area contributed by atoms with Gasteiger partial charge in [-0.05, 0) is 36.4 Å². The maximum atomic E-state index is 6.24. The van der Waals surface area contributed by atoms with E-state index in [1.54, 1.807) is 4.68 Å². The number of tetrazole rings is 1. The van der Waals surface area contributed by atoms with Crippen LogP contribution in [0.1, 0.15) is 23.6 Å². The standard InChI is InChI=1S/C18H18N8S/c1-12-8-10-14(11-9-12)17-20-22-18(25(17)19)27-13(2)16-21-23-24-26(16)15-6-4-3-5-7-15/h3-11,13H,19H2,1-2H3. The monoisotopic (exact) mass is 378 g/mol. The first kappa shape index (κ1) is 17.2. The molecule has 1 atom stereocenters. The minimum atomic E-state index is -0.0717. The molecule has 2 N–H and O–H groups in total. The number of nitrogen functional groups attached to an aromatic ring is 1. The number of thioether (sulfide) groups is 1. The molecule has 0 aliphatic heterocycles. The molecule has 0 amide bonds. The third-order valence-corrected chi connectivity index (χ3v) is 5.17. The minimum absolute atomic E-state index is 0.0717. The lowest BCUT2D eigenvalue weighted by Gasteiger charge is -2.11. The molecule has 2 heterocycles. The first-order valence-corrected chi connectivity index (χ1v) is 9.29.